The van der Waals surface area contributed by atoms with Gasteiger partial charge < -0.3 is 15.4 Å². The van der Waals surface area contributed by atoms with Gasteiger partial charge in [-0.1, -0.05) is 57.3 Å². The van der Waals surface area contributed by atoms with Gasteiger partial charge in [0.1, 0.15) is 11.5 Å². The molecule has 0 bridgehead atoms. The molecule has 2 aliphatic heterocycles. The third kappa shape index (κ3) is 7.50. The van der Waals surface area contributed by atoms with Crippen LogP contribution in [-0.2, 0) is 3.42 Å². The van der Waals surface area contributed by atoms with E-state index in [9.17, 15) is 28.8 Å². The molecule has 0 saturated heterocycles. The van der Waals surface area contributed by atoms with E-state index in [0.717, 1.165) is 10.5 Å². The molecule has 0 fully saturated rings. The monoisotopic (exact) mass is 958 g/mol. The van der Waals surface area contributed by atoms with Gasteiger partial charge in [0.05, 0.1) is 31.5 Å². The number of anilines is 3. The highest BCUT2D eigenvalue weighted by Crippen LogP contribution is 2.35. The predicted octanol–water partition coefficient (Wildman–Crippen LogP) is 9.22. The maximum atomic E-state index is 13.5. The van der Waals surface area contributed by atoms with Gasteiger partial charge in [0.2, 0.25) is 0 Å². The van der Waals surface area contributed by atoms with Crippen LogP contribution >= 0.6 is 45.2 Å². The average Bonchev–Trinajstić information content (AvgIpc) is 3.55. The summed E-state index contributed by atoms with van der Waals surface area (Å²) in [6.45, 7) is 7.71. The molecule has 11 nitrogen and oxygen atoms in total. The SMILES string of the molecule is CC(C)(I)c1ccc(NC(=O)c2ccc3c(c2)C(=O)N(c2ccc(Oc4ccc(NC(=O)c5ccc6c(c5)C(=O)N(C(C)(C)I)C6=O)cc4)cc2)C3=O)cc1. The molecule has 276 valence electrons. The van der Waals surface area contributed by atoms with Crippen molar-refractivity contribution in [1.29, 1.82) is 0 Å². The normalized spacial score (nSPS) is 13.9. The fourth-order valence-corrected chi connectivity index (χ4v) is 7.04. The van der Waals surface area contributed by atoms with Crippen LogP contribution in [-0.4, -0.2) is 43.9 Å². The molecule has 5 aromatic rings. The molecule has 0 spiro atoms. The first-order valence-corrected chi connectivity index (χ1v) is 19.2. The molecule has 0 radical (unpaired) electrons. The van der Waals surface area contributed by atoms with E-state index in [1.54, 1.807) is 62.4 Å². The molecule has 2 aliphatic rings. The van der Waals surface area contributed by atoms with Crippen molar-refractivity contribution in [2.75, 3.05) is 15.5 Å². The van der Waals surface area contributed by atoms with Crippen LogP contribution in [0.15, 0.2) is 109 Å². The Morgan fingerprint density at radius 2 is 0.964 bits per heavy atom. The van der Waals surface area contributed by atoms with E-state index in [1.807, 2.05) is 46.9 Å². The Balaban J connectivity index is 0.972. The third-order valence-electron chi connectivity index (χ3n) is 9.10. The van der Waals surface area contributed by atoms with Crippen LogP contribution in [0.4, 0.5) is 17.1 Å². The lowest BCUT2D eigenvalue weighted by atomic mass is 10.0. The molecule has 2 heterocycles. The van der Waals surface area contributed by atoms with E-state index in [-0.39, 0.29) is 36.8 Å². The van der Waals surface area contributed by atoms with Crippen molar-refractivity contribution < 1.29 is 33.5 Å². The number of carbonyl (C=O) groups is 6. The second kappa shape index (κ2) is 14.3. The molecule has 7 rings (SSSR count). The van der Waals surface area contributed by atoms with E-state index in [4.69, 9.17) is 4.74 Å². The number of imide groups is 2. The Morgan fingerprint density at radius 1 is 0.545 bits per heavy atom. The molecule has 0 unspecified atom stereocenters. The smallest absolute Gasteiger partial charge is 0.266 e. The Labute approximate surface area is 343 Å². The van der Waals surface area contributed by atoms with Crippen molar-refractivity contribution in [3.05, 3.63) is 148 Å². The Morgan fingerprint density at radius 3 is 1.45 bits per heavy atom. The van der Waals surface area contributed by atoms with Crippen molar-refractivity contribution >= 4 is 97.7 Å². The molecule has 5 aromatic carbocycles. The molecule has 0 atom stereocenters. The fraction of sp³-hybridized carbons (Fsp3) is 0.143. The lowest BCUT2D eigenvalue weighted by molar-refractivity contribution is 0.0595. The Kier molecular flexibility index (Phi) is 9.87. The first-order valence-electron chi connectivity index (χ1n) is 17.0. The molecular formula is C42H32I2N4O7. The van der Waals surface area contributed by atoms with Crippen LogP contribution in [0, 0.1) is 0 Å². The molecule has 0 saturated carbocycles. The number of halogens is 2. The van der Waals surface area contributed by atoms with Crippen molar-refractivity contribution in [1.82, 2.24) is 4.90 Å². The Hall–Kier alpha value is -5.42. The number of hydrogen-bond donors (Lipinski definition) is 2. The van der Waals surface area contributed by atoms with Gasteiger partial charge in [0, 0.05) is 25.9 Å². The number of carbonyl (C=O) groups excluding carboxylic acids is 6. The summed E-state index contributed by atoms with van der Waals surface area (Å²) in [5.74, 6) is -1.83. The number of nitrogens with one attached hydrogen (secondary N) is 2. The number of rotatable bonds is 9. The highest BCUT2D eigenvalue weighted by Gasteiger charge is 2.43. The minimum Gasteiger partial charge on any atom is -0.457 e. The van der Waals surface area contributed by atoms with Gasteiger partial charge in [-0.2, -0.15) is 0 Å². The van der Waals surface area contributed by atoms with Gasteiger partial charge >= 0.3 is 0 Å². The molecule has 13 heteroatoms. The zero-order chi connectivity index (χ0) is 39.4. The molecule has 55 heavy (non-hydrogen) atoms. The van der Waals surface area contributed by atoms with Gasteiger partial charge in [0.25, 0.3) is 35.4 Å². The predicted molar refractivity (Wildman–Crippen MR) is 225 cm³/mol. The summed E-state index contributed by atoms with van der Waals surface area (Å²) >= 11 is 4.38. The van der Waals surface area contributed by atoms with Crippen LogP contribution < -0.4 is 20.3 Å². The highest BCUT2D eigenvalue weighted by molar-refractivity contribution is 14.1. The maximum Gasteiger partial charge on any atom is 0.266 e. The van der Waals surface area contributed by atoms with E-state index < -0.39 is 39.0 Å². The van der Waals surface area contributed by atoms with Gasteiger partial charge in [-0.05, 0) is 130 Å². The van der Waals surface area contributed by atoms with E-state index in [2.05, 4.69) is 47.1 Å². The fourth-order valence-electron chi connectivity index (χ4n) is 6.24. The summed E-state index contributed by atoms with van der Waals surface area (Å²) < 4.78 is 5.17. The molecule has 2 N–H and O–H groups in total. The van der Waals surface area contributed by atoms with Crippen molar-refractivity contribution in [3.63, 3.8) is 0 Å². The van der Waals surface area contributed by atoms with Gasteiger partial charge in [-0.25, -0.2) is 4.90 Å². The molecule has 6 amide bonds. The summed E-state index contributed by atoms with van der Waals surface area (Å²) in [5, 5.41) is 5.64. The van der Waals surface area contributed by atoms with Crippen molar-refractivity contribution in [2.45, 2.75) is 34.7 Å². The van der Waals surface area contributed by atoms with Crippen LogP contribution in [0.25, 0.3) is 0 Å². The number of amides is 6. The standard InChI is InChI=1S/C42H32I2N4O7/c1-41(2,43)25-7-9-26(10-8-25)45-35(49)23-5-19-31-33(21-23)38(52)47(37(31)51)28-13-17-30(18-14-28)55-29-15-11-27(12-16-29)46-36(50)24-6-20-32-34(22-24)40(54)48(39(32)53)42(3,4)44/h5-22H,1-4H3,(H,45,49)(H,46,50). The minimum absolute atomic E-state index is 0.0564. The topological polar surface area (TPSA) is 142 Å². The van der Waals surface area contributed by atoms with Crippen LogP contribution in [0.1, 0.15) is 95.4 Å². The molecule has 0 aromatic heterocycles. The van der Waals surface area contributed by atoms with Crippen molar-refractivity contribution in [3.8, 4) is 11.5 Å². The summed E-state index contributed by atoms with van der Waals surface area (Å²) in [6, 6.07) is 29.5. The van der Waals surface area contributed by atoms with Crippen LogP contribution in [0.2, 0.25) is 0 Å². The zero-order valence-electron chi connectivity index (χ0n) is 29.9. The molecular weight excluding hydrogens is 926 g/mol. The number of ether oxygens (including phenoxy) is 1. The lowest BCUT2D eigenvalue weighted by Crippen LogP contribution is -2.42. The summed E-state index contributed by atoms with van der Waals surface area (Å²) in [4.78, 5) is 80.8. The summed E-state index contributed by atoms with van der Waals surface area (Å²) in [7, 11) is 0. The first kappa shape index (κ1) is 37.9. The van der Waals surface area contributed by atoms with E-state index in [0.29, 0.717) is 28.6 Å². The quantitative estimate of drug-likeness (QED) is 0.0650. The van der Waals surface area contributed by atoms with E-state index >= 15 is 0 Å². The van der Waals surface area contributed by atoms with Crippen LogP contribution in [0.5, 0.6) is 11.5 Å². The zero-order valence-corrected chi connectivity index (χ0v) is 34.2. The number of nitrogens with zero attached hydrogens (tertiary/aromatic N) is 2. The maximum absolute atomic E-state index is 13.5. The number of benzene rings is 5. The number of alkyl halides is 2. The second-order valence-corrected chi connectivity index (χ2v) is 19.2. The van der Waals surface area contributed by atoms with Gasteiger partial charge in [-0.15, -0.1) is 0 Å². The highest BCUT2D eigenvalue weighted by atomic mass is 127. The average molecular weight is 959 g/mol. The summed E-state index contributed by atoms with van der Waals surface area (Å²) in [6.07, 6.45) is 0. The number of fused-ring (bicyclic) bond motifs is 2. The van der Waals surface area contributed by atoms with Crippen LogP contribution in [0.3, 0.4) is 0 Å². The largest absolute Gasteiger partial charge is 0.457 e. The van der Waals surface area contributed by atoms with Crippen molar-refractivity contribution in [2.24, 2.45) is 0 Å². The minimum atomic E-state index is -0.731. The number of hydrogen-bond acceptors (Lipinski definition) is 7. The van der Waals surface area contributed by atoms with E-state index in [1.165, 1.54) is 41.3 Å². The summed E-state index contributed by atoms with van der Waals surface area (Å²) in [5.41, 5.74) is 3.82. The third-order valence-corrected chi connectivity index (χ3v) is 10.2. The second-order valence-electron chi connectivity index (χ2n) is 13.9. The Bertz CT molecular complexity index is 2430. The lowest BCUT2D eigenvalue weighted by Gasteiger charge is -2.27. The first-order chi connectivity index (χ1) is 26.0. The van der Waals surface area contributed by atoms with Gasteiger partial charge in [0.15, 0.2) is 0 Å². The van der Waals surface area contributed by atoms with Gasteiger partial charge in [-0.3, -0.25) is 33.7 Å². The molecule has 0 aliphatic carbocycles.